The Morgan fingerprint density at radius 2 is 1.68 bits per heavy atom. The molecule has 3 aromatic carbocycles. The number of carbonyl (C=O) groups excluding carboxylic acids is 2. The van der Waals surface area contributed by atoms with Crippen LogP contribution >= 0.6 is 0 Å². The van der Waals surface area contributed by atoms with Crippen LogP contribution in [0.15, 0.2) is 71.1 Å². The van der Waals surface area contributed by atoms with E-state index in [2.05, 4.69) is 23.6 Å². The second-order valence-corrected chi connectivity index (χ2v) is 9.94. The van der Waals surface area contributed by atoms with Crippen molar-refractivity contribution in [2.75, 3.05) is 13.7 Å². The van der Waals surface area contributed by atoms with Crippen LogP contribution < -0.4 is 15.4 Å². The van der Waals surface area contributed by atoms with Gasteiger partial charge in [0.15, 0.2) is 22.9 Å². The third kappa shape index (κ3) is 8.22. The number of para-hydroxylation sites is 1. The van der Waals surface area contributed by atoms with Crippen molar-refractivity contribution in [1.29, 1.82) is 0 Å². The van der Waals surface area contributed by atoms with Gasteiger partial charge in [-0.1, -0.05) is 43.3 Å². The van der Waals surface area contributed by atoms with Crippen molar-refractivity contribution in [3.05, 3.63) is 101 Å². The van der Waals surface area contributed by atoms with E-state index < -0.39 is 29.7 Å². The summed E-state index contributed by atoms with van der Waals surface area (Å²) in [5.41, 5.74) is 2.97. The summed E-state index contributed by atoms with van der Waals surface area (Å²) < 4.78 is 38.6. The number of methoxy groups -OCH3 is 1. The van der Waals surface area contributed by atoms with Crippen molar-refractivity contribution < 1.29 is 32.6 Å². The van der Waals surface area contributed by atoms with Gasteiger partial charge in [-0.25, -0.2) is 8.78 Å². The Labute approximate surface area is 237 Å². The molecule has 0 bridgehead atoms. The Bertz CT molecular complexity index is 1480. The van der Waals surface area contributed by atoms with Gasteiger partial charge in [0.1, 0.15) is 11.6 Å². The first-order valence-corrected chi connectivity index (χ1v) is 13.6. The monoisotopic (exact) mass is 564 g/mol. The summed E-state index contributed by atoms with van der Waals surface area (Å²) in [5.74, 6) is -1.73. The minimum absolute atomic E-state index is 0.00803. The summed E-state index contributed by atoms with van der Waals surface area (Å²) in [7, 11) is 1.51. The third-order valence-electron chi connectivity index (χ3n) is 6.85. The van der Waals surface area contributed by atoms with Crippen molar-refractivity contribution >= 4 is 22.7 Å². The maximum atomic E-state index is 13.8. The number of hydrogen-bond acceptors (Lipinski definition) is 6. The second kappa shape index (κ2) is 14.0. The summed E-state index contributed by atoms with van der Waals surface area (Å²) in [5, 5.41) is 17.6. The van der Waals surface area contributed by atoms with Crippen LogP contribution in [0.1, 0.15) is 47.0 Å². The molecule has 9 heteroatoms. The number of ketones is 1. The standard InChI is InChI=1S/C32H34F2N2O5/c1-3-20-6-4-7-21(12-20)18-35-19-28(38)26(15-22-13-24(33)17-25(34)14-22)36-31(39)11-10-27(37)30-16-23-8-5-9-29(40-2)32(23)41-30/h4-9,12-14,16-17,26,28,35,38H,3,10-11,15,18-19H2,1-2H3,(H,36,39)/t26-,28-/m0/s1. The topological polar surface area (TPSA) is 101 Å². The number of aliphatic hydroxyl groups is 1. The molecule has 4 aromatic rings. The zero-order chi connectivity index (χ0) is 29.4. The lowest BCUT2D eigenvalue weighted by Gasteiger charge is -2.25. The van der Waals surface area contributed by atoms with Crippen LogP contribution in [0.3, 0.4) is 0 Å². The highest BCUT2D eigenvalue weighted by molar-refractivity contribution is 5.99. The third-order valence-corrected chi connectivity index (χ3v) is 6.85. The maximum absolute atomic E-state index is 13.8. The van der Waals surface area contributed by atoms with E-state index in [0.29, 0.717) is 23.3 Å². The largest absolute Gasteiger partial charge is 0.493 e. The minimum Gasteiger partial charge on any atom is -0.493 e. The molecule has 0 saturated heterocycles. The molecule has 1 aromatic heterocycles. The highest BCUT2D eigenvalue weighted by atomic mass is 19.1. The van der Waals surface area contributed by atoms with Crippen molar-refractivity contribution in [2.24, 2.45) is 0 Å². The lowest BCUT2D eigenvalue weighted by molar-refractivity contribution is -0.122. The molecule has 41 heavy (non-hydrogen) atoms. The van der Waals surface area contributed by atoms with Crippen LogP contribution in [0.5, 0.6) is 5.75 Å². The summed E-state index contributed by atoms with van der Waals surface area (Å²) in [4.78, 5) is 25.6. The molecule has 4 rings (SSSR count). The maximum Gasteiger partial charge on any atom is 0.220 e. The number of hydrogen-bond donors (Lipinski definition) is 3. The number of amides is 1. The zero-order valence-electron chi connectivity index (χ0n) is 23.1. The molecule has 1 amide bonds. The van der Waals surface area contributed by atoms with Gasteiger partial charge >= 0.3 is 0 Å². The first-order valence-electron chi connectivity index (χ1n) is 13.6. The molecule has 0 aliphatic carbocycles. The van der Waals surface area contributed by atoms with E-state index in [9.17, 15) is 23.5 Å². The molecule has 1 heterocycles. The van der Waals surface area contributed by atoms with E-state index in [1.807, 2.05) is 18.2 Å². The van der Waals surface area contributed by atoms with E-state index in [-0.39, 0.29) is 42.9 Å². The molecule has 0 unspecified atom stereocenters. The van der Waals surface area contributed by atoms with Crippen LogP contribution in [-0.4, -0.2) is 42.6 Å². The van der Waals surface area contributed by atoms with Crippen molar-refractivity contribution in [3.63, 3.8) is 0 Å². The Hall–Kier alpha value is -4.08. The van der Waals surface area contributed by atoms with E-state index in [4.69, 9.17) is 9.15 Å². The quantitative estimate of drug-likeness (QED) is 0.184. The van der Waals surface area contributed by atoms with Gasteiger partial charge in [-0.05, 0) is 53.8 Å². The fourth-order valence-electron chi connectivity index (χ4n) is 4.70. The average Bonchev–Trinajstić information content (AvgIpc) is 3.40. The highest BCUT2D eigenvalue weighted by Gasteiger charge is 2.23. The first kappa shape index (κ1) is 29.9. The van der Waals surface area contributed by atoms with Crippen LogP contribution in [-0.2, 0) is 24.2 Å². The van der Waals surface area contributed by atoms with Gasteiger partial charge in [0.25, 0.3) is 0 Å². The van der Waals surface area contributed by atoms with Gasteiger partial charge in [0.2, 0.25) is 5.91 Å². The molecule has 0 aliphatic heterocycles. The predicted molar refractivity (Wildman–Crippen MR) is 152 cm³/mol. The summed E-state index contributed by atoms with van der Waals surface area (Å²) in [6, 6.07) is 17.2. The molecule has 0 radical (unpaired) electrons. The number of aliphatic hydroxyl groups excluding tert-OH is 1. The number of nitrogens with one attached hydrogen (secondary N) is 2. The Kier molecular flexibility index (Phi) is 10.2. The van der Waals surface area contributed by atoms with Gasteiger partial charge < -0.3 is 24.9 Å². The molecule has 2 atom stereocenters. The van der Waals surface area contributed by atoms with E-state index in [1.165, 1.54) is 12.7 Å². The van der Waals surface area contributed by atoms with Crippen LogP contribution in [0.25, 0.3) is 11.0 Å². The second-order valence-electron chi connectivity index (χ2n) is 9.94. The molecule has 0 aliphatic rings. The van der Waals surface area contributed by atoms with E-state index >= 15 is 0 Å². The zero-order valence-corrected chi connectivity index (χ0v) is 23.1. The number of carbonyl (C=O) groups is 2. The molecular weight excluding hydrogens is 530 g/mol. The Morgan fingerprint density at radius 3 is 2.41 bits per heavy atom. The number of furan rings is 1. The SMILES string of the molecule is CCc1cccc(CNC[C@H](O)[C@H](Cc2cc(F)cc(F)c2)NC(=O)CCC(=O)c2cc3cccc(OC)c3o2)c1. The van der Waals surface area contributed by atoms with Crippen LogP contribution in [0, 0.1) is 11.6 Å². The summed E-state index contributed by atoms with van der Waals surface area (Å²) in [6.45, 7) is 2.69. The molecule has 3 N–H and O–H groups in total. The molecule has 0 saturated carbocycles. The van der Waals surface area contributed by atoms with Gasteiger partial charge in [-0.15, -0.1) is 0 Å². The summed E-state index contributed by atoms with van der Waals surface area (Å²) >= 11 is 0. The molecular formula is C32H34F2N2O5. The van der Waals surface area contributed by atoms with Crippen molar-refractivity contribution in [3.8, 4) is 5.75 Å². The van der Waals surface area contributed by atoms with Crippen molar-refractivity contribution in [1.82, 2.24) is 10.6 Å². The number of halogens is 2. The number of Topliss-reactive ketones (excluding diaryl/α,β-unsaturated/α-hetero) is 1. The average molecular weight is 565 g/mol. The lowest BCUT2D eigenvalue weighted by atomic mass is 10.00. The fraction of sp³-hybridized carbons (Fsp3) is 0.312. The van der Waals surface area contributed by atoms with Crippen molar-refractivity contribution in [2.45, 2.75) is 51.3 Å². The molecule has 0 spiro atoms. The van der Waals surface area contributed by atoms with E-state index in [0.717, 1.165) is 30.2 Å². The predicted octanol–water partition coefficient (Wildman–Crippen LogP) is 5.12. The number of fused-ring (bicyclic) bond motifs is 1. The van der Waals surface area contributed by atoms with Gasteiger partial charge in [-0.2, -0.15) is 0 Å². The molecule has 216 valence electrons. The number of benzene rings is 3. The Morgan fingerprint density at radius 1 is 0.951 bits per heavy atom. The highest BCUT2D eigenvalue weighted by Crippen LogP contribution is 2.29. The fourth-order valence-corrected chi connectivity index (χ4v) is 4.70. The number of aryl methyl sites for hydroxylation is 1. The molecule has 0 fully saturated rings. The van der Waals surface area contributed by atoms with Crippen LogP contribution in [0.4, 0.5) is 8.78 Å². The minimum atomic E-state index is -1.07. The smallest absolute Gasteiger partial charge is 0.220 e. The molecule has 7 nitrogen and oxygen atoms in total. The van der Waals surface area contributed by atoms with Crippen LogP contribution in [0.2, 0.25) is 0 Å². The lowest BCUT2D eigenvalue weighted by Crippen LogP contribution is -2.48. The first-order chi connectivity index (χ1) is 19.7. The number of ether oxygens (including phenoxy) is 1. The van der Waals surface area contributed by atoms with Gasteiger partial charge in [-0.3, -0.25) is 9.59 Å². The number of rotatable bonds is 14. The normalized spacial score (nSPS) is 12.7. The summed E-state index contributed by atoms with van der Waals surface area (Å²) in [6.07, 6.45) is -0.464. The van der Waals surface area contributed by atoms with Gasteiger partial charge in [0, 0.05) is 37.4 Å². The van der Waals surface area contributed by atoms with Gasteiger partial charge in [0.05, 0.1) is 19.3 Å². The van der Waals surface area contributed by atoms with E-state index in [1.54, 1.807) is 24.3 Å². The Balaban J connectivity index is 1.39.